The molecule has 1 aliphatic rings. The molecular weight excluding hydrogens is 556 g/mol. The molecule has 12 nitrogen and oxygen atoms in total. The summed E-state index contributed by atoms with van der Waals surface area (Å²) in [5, 5.41) is 14.3. The maximum atomic E-state index is 13.3. The van der Waals surface area contributed by atoms with E-state index in [1.54, 1.807) is 42.9 Å². The molecule has 2 amide bonds. The number of anilines is 2. The summed E-state index contributed by atoms with van der Waals surface area (Å²) >= 11 is 0. The summed E-state index contributed by atoms with van der Waals surface area (Å²) < 4.78 is 1.96. The molecule has 44 heavy (non-hydrogen) atoms. The highest BCUT2D eigenvalue weighted by molar-refractivity contribution is 6.06. The summed E-state index contributed by atoms with van der Waals surface area (Å²) in [6, 6.07) is 20.2. The Bertz CT molecular complexity index is 2070. The van der Waals surface area contributed by atoms with Crippen molar-refractivity contribution < 1.29 is 9.59 Å². The first kappa shape index (κ1) is 26.7. The number of pyridine rings is 2. The number of para-hydroxylation sites is 1. The molecule has 7 rings (SSSR count). The standard InChI is InChI=1S/C32H26N10O2/c1-2-28(43)37-24-8-4-3-6-22(24)32(44)39-25-12-9-19-18-20(10-11-21(19)25)41-30(23-7-5-15-34-29(23)33)38-26-13-14-27(40-31(26)41)42-35-16-17-36-42/h2-8,10-11,13-18,25H,1,9,12H2,(H2,33,34)(H,37,43)(H,39,44)/t25-/m0/s1. The van der Waals surface area contributed by atoms with Crippen molar-refractivity contribution in [2.45, 2.75) is 18.9 Å². The summed E-state index contributed by atoms with van der Waals surface area (Å²) in [5.74, 6) is 0.843. The molecule has 0 bridgehead atoms. The van der Waals surface area contributed by atoms with E-state index in [-0.39, 0.29) is 17.9 Å². The molecule has 12 heteroatoms. The summed E-state index contributed by atoms with van der Waals surface area (Å²) in [5.41, 5.74) is 12.0. The van der Waals surface area contributed by atoms with Crippen LogP contribution in [0, 0.1) is 0 Å². The fourth-order valence-corrected chi connectivity index (χ4v) is 5.53. The first-order valence-electron chi connectivity index (χ1n) is 13.9. The second-order valence-corrected chi connectivity index (χ2v) is 10.2. The molecule has 0 saturated heterocycles. The van der Waals surface area contributed by atoms with Gasteiger partial charge in [0.15, 0.2) is 17.3 Å². The van der Waals surface area contributed by atoms with Crippen molar-refractivity contribution in [1.82, 2.24) is 39.8 Å². The van der Waals surface area contributed by atoms with Crippen molar-refractivity contribution in [1.29, 1.82) is 0 Å². The van der Waals surface area contributed by atoms with Gasteiger partial charge in [0.2, 0.25) is 5.91 Å². The topological polar surface area (TPSA) is 159 Å². The number of rotatable bonds is 7. The molecule has 4 N–H and O–H groups in total. The average Bonchev–Trinajstić information content (AvgIpc) is 3.80. The SMILES string of the molecule is C=CC(=O)Nc1ccccc1C(=O)N[C@H]1CCc2cc(-n3c(-c4cccnc4N)nc4ccc(-n5nccn5)nc43)ccc21. The minimum atomic E-state index is -0.383. The highest BCUT2D eigenvalue weighted by Gasteiger charge is 2.27. The molecule has 0 saturated carbocycles. The fraction of sp³-hybridized carbons (Fsp3) is 0.0938. The number of nitrogens with zero attached hydrogens (tertiary/aromatic N) is 7. The molecule has 0 unspecified atom stereocenters. The Hall–Kier alpha value is -6.17. The number of benzene rings is 2. The van der Waals surface area contributed by atoms with Gasteiger partial charge in [0.05, 0.1) is 35.2 Å². The molecule has 216 valence electrons. The van der Waals surface area contributed by atoms with Crippen molar-refractivity contribution in [2.75, 3.05) is 11.1 Å². The van der Waals surface area contributed by atoms with Crippen LogP contribution in [0.5, 0.6) is 0 Å². The molecule has 4 heterocycles. The molecule has 4 aromatic heterocycles. The average molecular weight is 583 g/mol. The number of hydrogen-bond acceptors (Lipinski definition) is 8. The third-order valence-corrected chi connectivity index (χ3v) is 7.58. The van der Waals surface area contributed by atoms with Gasteiger partial charge in [-0.1, -0.05) is 24.8 Å². The number of fused-ring (bicyclic) bond motifs is 2. The van der Waals surface area contributed by atoms with Crippen LogP contribution in [0.4, 0.5) is 11.5 Å². The number of aromatic nitrogens is 7. The minimum absolute atomic E-state index is 0.196. The highest BCUT2D eigenvalue weighted by atomic mass is 16.2. The molecule has 1 aliphatic carbocycles. The van der Waals surface area contributed by atoms with Crippen molar-refractivity contribution >= 4 is 34.5 Å². The number of carbonyl (C=O) groups excluding carboxylic acids is 2. The lowest BCUT2D eigenvalue weighted by atomic mass is 10.1. The molecule has 2 aromatic carbocycles. The maximum Gasteiger partial charge on any atom is 0.253 e. The first-order chi connectivity index (χ1) is 21.5. The zero-order chi connectivity index (χ0) is 30.2. The highest BCUT2D eigenvalue weighted by Crippen LogP contribution is 2.36. The predicted molar refractivity (Wildman–Crippen MR) is 165 cm³/mol. The quantitative estimate of drug-likeness (QED) is 0.236. The second kappa shape index (κ2) is 10.9. The Kier molecular flexibility index (Phi) is 6.62. The van der Waals surface area contributed by atoms with Crippen LogP contribution in [-0.4, -0.2) is 46.3 Å². The van der Waals surface area contributed by atoms with E-state index in [4.69, 9.17) is 15.7 Å². The van der Waals surface area contributed by atoms with Gasteiger partial charge in [-0.05, 0) is 78.6 Å². The Morgan fingerprint density at radius 3 is 2.64 bits per heavy atom. The summed E-state index contributed by atoms with van der Waals surface area (Å²) in [6.45, 7) is 3.49. The van der Waals surface area contributed by atoms with Gasteiger partial charge >= 0.3 is 0 Å². The van der Waals surface area contributed by atoms with E-state index < -0.39 is 0 Å². The number of hydrogen-bond donors (Lipinski definition) is 3. The van der Waals surface area contributed by atoms with Crippen LogP contribution in [0.25, 0.3) is 34.1 Å². The van der Waals surface area contributed by atoms with Crippen LogP contribution in [0.2, 0.25) is 0 Å². The van der Waals surface area contributed by atoms with Crippen molar-refractivity contribution in [3.05, 3.63) is 115 Å². The smallest absolute Gasteiger partial charge is 0.253 e. The lowest BCUT2D eigenvalue weighted by Gasteiger charge is -2.17. The van der Waals surface area contributed by atoms with Gasteiger partial charge in [0.1, 0.15) is 11.3 Å². The zero-order valence-electron chi connectivity index (χ0n) is 23.4. The van der Waals surface area contributed by atoms with E-state index in [2.05, 4.69) is 38.5 Å². The van der Waals surface area contributed by atoms with E-state index >= 15 is 0 Å². The second-order valence-electron chi connectivity index (χ2n) is 10.2. The van der Waals surface area contributed by atoms with Gasteiger partial charge in [-0.3, -0.25) is 14.2 Å². The van der Waals surface area contributed by atoms with Gasteiger partial charge in [-0.2, -0.15) is 10.2 Å². The van der Waals surface area contributed by atoms with E-state index in [0.29, 0.717) is 45.4 Å². The van der Waals surface area contributed by atoms with Crippen molar-refractivity contribution in [3.8, 4) is 22.9 Å². The maximum absolute atomic E-state index is 13.3. The minimum Gasteiger partial charge on any atom is -0.383 e. The van der Waals surface area contributed by atoms with Crippen LogP contribution in [0.3, 0.4) is 0 Å². The van der Waals surface area contributed by atoms with Crippen LogP contribution < -0.4 is 16.4 Å². The van der Waals surface area contributed by atoms with Crippen LogP contribution >= 0.6 is 0 Å². The van der Waals surface area contributed by atoms with Gasteiger partial charge in [0.25, 0.3) is 5.91 Å². The predicted octanol–water partition coefficient (Wildman–Crippen LogP) is 4.19. The van der Waals surface area contributed by atoms with Crippen molar-refractivity contribution in [3.63, 3.8) is 0 Å². The van der Waals surface area contributed by atoms with Crippen LogP contribution in [0.15, 0.2) is 98.0 Å². The molecule has 0 aliphatic heterocycles. The normalized spacial score (nSPS) is 13.9. The van der Waals surface area contributed by atoms with Gasteiger partial charge in [0, 0.05) is 11.9 Å². The van der Waals surface area contributed by atoms with Gasteiger partial charge in [-0.15, -0.1) is 4.80 Å². The van der Waals surface area contributed by atoms with E-state index in [0.717, 1.165) is 29.7 Å². The Labute approximate surface area is 251 Å². The van der Waals surface area contributed by atoms with Crippen LogP contribution in [-0.2, 0) is 11.2 Å². The third-order valence-electron chi connectivity index (χ3n) is 7.58. The number of amides is 2. The lowest BCUT2D eigenvalue weighted by molar-refractivity contribution is -0.111. The first-order valence-corrected chi connectivity index (χ1v) is 13.9. The Morgan fingerprint density at radius 1 is 0.977 bits per heavy atom. The molecule has 6 aromatic rings. The Morgan fingerprint density at radius 2 is 1.82 bits per heavy atom. The van der Waals surface area contributed by atoms with Gasteiger partial charge in [-0.25, -0.2) is 15.0 Å². The summed E-state index contributed by atoms with van der Waals surface area (Å²) in [6.07, 6.45) is 7.48. The van der Waals surface area contributed by atoms with Crippen LogP contribution in [0.1, 0.15) is 33.9 Å². The molecule has 1 atom stereocenters. The lowest BCUT2D eigenvalue weighted by Crippen LogP contribution is -2.28. The Balaban J connectivity index is 1.26. The molecule has 0 radical (unpaired) electrons. The number of imidazole rings is 1. The number of carbonyl (C=O) groups is 2. The third kappa shape index (κ3) is 4.73. The van der Waals surface area contributed by atoms with E-state index in [1.807, 2.05) is 41.0 Å². The number of aryl methyl sites for hydroxylation is 1. The van der Waals surface area contributed by atoms with E-state index in [9.17, 15) is 9.59 Å². The number of nitrogens with one attached hydrogen (secondary N) is 2. The fourth-order valence-electron chi connectivity index (χ4n) is 5.53. The monoisotopic (exact) mass is 582 g/mol. The number of nitrogens with two attached hydrogens (primary N) is 1. The largest absolute Gasteiger partial charge is 0.383 e. The molecular formula is C32H26N10O2. The van der Waals surface area contributed by atoms with Gasteiger partial charge < -0.3 is 16.4 Å². The molecule has 0 spiro atoms. The van der Waals surface area contributed by atoms with E-state index in [1.165, 1.54) is 10.9 Å². The zero-order valence-corrected chi connectivity index (χ0v) is 23.4. The summed E-state index contributed by atoms with van der Waals surface area (Å²) in [7, 11) is 0. The molecule has 0 fully saturated rings. The van der Waals surface area contributed by atoms with Crippen molar-refractivity contribution in [2.24, 2.45) is 0 Å². The summed E-state index contributed by atoms with van der Waals surface area (Å²) in [4.78, 5) is 40.7. The number of nitrogen functional groups attached to an aromatic ring is 1.